The van der Waals surface area contributed by atoms with Crippen LogP contribution in [-0.4, -0.2) is 73.0 Å². The molecule has 0 bridgehead atoms. The molecule has 0 aliphatic heterocycles. The van der Waals surface area contributed by atoms with Gasteiger partial charge in [-0.25, -0.2) is 0 Å². The summed E-state index contributed by atoms with van der Waals surface area (Å²) < 4.78 is 8.25. The van der Waals surface area contributed by atoms with Crippen LogP contribution in [0.4, 0.5) is 0 Å². The Morgan fingerprint density at radius 1 is 0.800 bits per heavy atom. The summed E-state index contributed by atoms with van der Waals surface area (Å²) in [6.07, 6.45) is -5.44. The van der Waals surface area contributed by atoms with Gasteiger partial charge in [0.2, 0.25) is 0 Å². The first kappa shape index (κ1) is 23.3. The van der Waals surface area contributed by atoms with Crippen molar-refractivity contribution in [1.29, 1.82) is 0 Å². The quantitative estimate of drug-likeness (QED) is 0.330. The molecule has 2 atom stereocenters. The van der Waals surface area contributed by atoms with Crippen molar-refractivity contribution >= 4 is 40.3 Å². The van der Waals surface area contributed by atoms with Gasteiger partial charge in [-0.05, 0) is 0 Å². The van der Waals surface area contributed by atoms with E-state index in [1.165, 1.54) is 0 Å². The minimum atomic E-state index is -1.90. The molecule has 0 saturated heterocycles. The van der Waals surface area contributed by atoms with E-state index in [4.69, 9.17) is 24.2 Å². The SMILES string of the molecule is O=C(O)CC(O)C(=O)[O-].O=C(O)CC(O)C(=O)[O-].[O]=[Ge]. The first-order chi connectivity index (χ1) is 9.07. The van der Waals surface area contributed by atoms with Crippen LogP contribution in [0, 0.1) is 0 Å². The molecule has 0 aromatic carbocycles. The molecule has 4 N–H and O–H groups in total. The molecule has 0 aromatic heterocycles. The van der Waals surface area contributed by atoms with Gasteiger partial charge < -0.3 is 40.2 Å². The molecule has 0 saturated carbocycles. The predicted octanol–water partition coefficient (Wildman–Crippen LogP) is -5.36. The van der Waals surface area contributed by atoms with Gasteiger partial charge in [-0.3, -0.25) is 9.59 Å². The molecule has 0 aromatic rings. The van der Waals surface area contributed by atoms with E-state index >= 15 is 0 Å². The van der Waals surface area contributed by atoms with Crippen molar-refractivity contribution in [3.05, 3.63) is 0 Å². The van der Waals surface area contributed by atoms with E-state index in [0.717, 1.165) is 16.5 Å². The van der Waals surface area contributed by atoms with Gasteiger partial charge in [0.15, 0.2) is 0 Å². The Morgan fingerprint density at radius 3 is 1.05 bits per heavy atom. The van der Waals surface area contributed by atoms with Gasteiger partial charge in [-0.15, -0.1) is 0 Å². The summed E-state index contributed by atoms with van der Waals surface area (Å²) in [5, 5.41) is 51.5. The number of aliphatic hydroxyl groups excluding tert-OH is 2. The molecule has 0 aliphatic rings. The Morgan fingerprint density at radius 2 is 1.00 bits per heavy atom. The van der Waals surface area contributed by atoms with Crippen LogP contribution in [0.5, 0.6) is 0 Å². The van der Waals surface area contributed by atoms with Crippen molar-refractivity contribution in [2.45, 2.75) is 25.0 Å². The van der Waals surface area contributed by atoms with Crippen LogP contribution in [0.25, 0.3) is 0 Å². The average molecular weight is 355 g/mol. The zero-order valence-electron chi connectivity index (χ0n) is 9.72. The molecule has 12 heteroatoms. The van der Waals surface area contributed by atoms with E-state index in [-0.39, 0.29) is 0 Å². The van der Waals surface area contributed by atoms with Crippen molar-refractivity contribution < 1.29 is 53.6 Å². The van der Waals surface area contributed by atoms with Gasteiger partial charge in [-0.2, -0.15) is 0 Å². The number of aliphatic hydroxyl groups is 2. The summed E-state index contributed by atoms with van der Waals surface area (Å²) >= 11 is 0.750. The van der Waals surface area contributed by atoms with E-state index in [1.54, 1.807) is 0 Å². The molecule has 0 aliphatic carbocycles. The van der Waals surface area contributed by atoms with Gasteiger partial charge in [0.25, 0.3) is 0 Å². The number of carbonyl (C=O) groups is 4. The van der Waals surface area contributed by atoms with Gasteiger partial charge >= 0.3 is 32.2 Å². The molecule has 0 amide bonds. The Labute approximate surface area is 119 Å². The number of carboxylic acids is 4. The van der Waals surface area contributed by atoms with Crippen LogP contribution in [-0.2, 0) is 23.0 Å². The number of rotatable bonds is 6. The van der Waals surface area contributed by atoms with E-state index in [9.17, 15) is 29.4 Å². The van der Waals surface area contributed by atoms with Crippen molar-refractivity contribution in [3.63, 3.8) is 0 Å². The molecular formula is C8H10GeO11-2. The van der Waals surface area contributed by atoms with Crippen LogP contribution in [0.2, 0.25) is 0 Å². The Kier molecular flexibility index (Phi) is 15.8. The standard InChI is InChI=1S/2C4H6O5.GeO/c2*5-2(4(8)9)1-3(6)7;1-2/h2*2,5H,1H2,(H,6,7)(H,8,9);/p-2. The fourth-order valence-corrected chi connectivity index (χ4v) is 0.497. The Balaban J connectivity index is -0.000000257. The fourth-order valence-electron chi connectivity index (χ4n) is 0.497. The summed E-state index contributed by atoms with van der Waals surface area (Å²) in [5.74, 6) is -6.27. The first-order valence-electron chi connectivity index (χ1n) is 4.49. The van der Waals surface area contributed by atoms with Crippen LogP contribution in [0.15, 0.2) is 0 Å². The molecule has 0 spiro atoms. The summed E-state index contributed by atoms with van der Waals surface area (Å²) in [5.41, 5.74) is 0. The van der Waals surface area contributed by atoms with Crippen molar-refractivity contribution in [2.75, 3.05) is 0 Å². The molecule has 2 radical (unpaired) electrons. The van der Waals surface area contributed by atoms with Gasteiger partial charge in [0, 0.05) is 0 Å². The summed E-state index contributed by atoms with van der Waals surface area (Å²) in [6, 6.07) is 0. The maximum absolute atomic E-state index is 9.66. The van der Waals surface area contributed by atoms with E-state index < -0.39 is 48.9 Å². The van der Waals surface area contributed by atoms with Crippen molar-refractivity contribution in [1.82, 2.24) is 0 Å². The van der Waals surface area contributed by atoms with Crippen LogP contribution >= 0.6 is 0 Å². The summed E-state index contributed by atoms with van der Waals surface area (Å²) in [6.45, 7) is 0. The van der Waals surface area contributed by atoms with Gasteiger partial charge in [-0.1, -0.05) is 0 Å². The number of hydrogen-bond acceptors (Lipinski definition) is 9. The molecule has 0 fully saturated rings. The third kappa shape index (κ3) is 18.5. The minimum absolute atomic E-state index is 0.750. The maximum atomic E-state index is 9.66. The zero-order valence-corrected chi connectivity index (χ0v) is 11.8. The number of carboxylic acid groups (broad SMARTS) is 4. The Hall–Kier alpha value is -1.86. The summed E-state index contributed by atoms with van der Waals surface area (Å²) in [7, 11) is 0. The van der Waals surface area contributed by atoms with E-state index in [1.807, 2.05) is 0 Å². The Bertz CT molecular complexity index is 309. The van der Waals surface area contributed by atoms with E-state index in [2.05, 4.69) is 0 Å². The molecule has 2 unspecified atom stereocenters. The van der Waals surface area contributed by atoms with Gasteiger partial charge in [0.1, 0.15) is 12.2 Å². The van der Waals surface area contributed by atoms with Crippen molar-refractivity contribution in [3.8, 4) is 0 Å². The monoisotopic (exact) mass is 356 g/mol. The normalized spacial score (nSPS) is 11.5. The molecule has 114 valence electrons. The first-order valence-corrected chi connectivity index (χ1v) is 5.35. The molecule has 0 heterocycles. The van der Waals surface area contributed by atoms with E-state index in [0.29, 0.717) is 0 Å². The van der Waals surface area contributed by atoms with Crippen molar-refractivity contribution in [2.24, 2.45) is 0 Å². The number of aliphatic carboxylic acids is 4. The predicted molar refractivity (Wildman–Crippen MR) is 53.0 cm³/mol. The summed E-state index contributed by atoms with van der Waals surface area (Å²) in [4.78, 5) is 38.5. The van der Waals surface area contributed by atoms with Crippen LogP contribution < -0.4 is 10.2 Å². The van der Waals surface area contributed by atoms with Crippen LogP contribution in [0.3, 0.4) is 0 Å². The second-order valence-corrected chi connectivity index (χ2v) is 2.87. The van der Waals surface area contributed by atoms with Crippen LogP contribution in [0.1, 0.15) is 12.8 Å². The third-order valence-corrected chi connectivity index (χ3v) is 1.28. The molecule has 20 heavy (non-hydrogen) atoms. The van der Waals surface area contributed by atoms with Gasteiger partial charge in [0.05, 0.1) is 24.8 Å². The third-order valence-electron chi connectivity index (χ3n) is 1.28. The fraction of sp³-hybridized carbons (Fsp3) is 0.500. The molecular weight excluding hydrogens is 345 g/mol. The number of carbonyl (C=O) groups excluding carboxylic acids is 2. The second kappa shape index (κ2) is 13.6. The average Bonchev–Trinajstić information content (AvgIpc) is 2.30. The molecule has 0 rings (SSSR count). The second-order valence-electron chi connectivity index (χ2n) is 2.87. The molecule has 11 nitrogen and oxygen atoms in total. The number of hydrogen-bond donors (Lipinski definition) is 4. The topological polar surface area (TPSA) is 212 Å². The zero-order chi connectivity index (χ0) is 16.9.